The minimum absolute atomic E-state index is 0.111. The third-order valence-electron chi connectivity index (χ3n) is 7.04. The van der Waals surface area contributed by atoms with Crippen molar-refractivity contribution < 1.29 is 19.4 Å². The maximum atomic E-state index is 13.4. The molecule has 1 unspecified atom stereocenters. The molecule has 2 aromatic carbocycles. The molecule has 9 heteroatoms. The van der Waals surface area contributed by atoms with Crippen LogP contribution in [0.5, 0.6) is 0 Å². The number of likely N-dealkylation sites (tertiary alicyclic amines) is 1. The van der Waals surface area contributed by atoms with E-state index in [2.05, 4.69) is 33.7 Å². The number of carbonyl (C=O) groups is 2. The number of para-hydroxylation sites is 2. The third kappa shape index (κ3) is 5.13. The number of ether oxygens (including phenoxy) is 1. The molecule has 2 amide bonds. The van der Waals surface area contributed by atoms with E-state index in [0.717, 1.165) is 28.1 Å². The molecule has 2 aliphatic heterocycles. The number of piperazine rings is 1. The van der Waals surface area contributed by atoms with Crippen LogP contribution in [0.25, 0.3) is 22.4 Å². The minimum Gasteiger partial charge on any atom is -0.444 e. The number of hydrogen-bond acceptors (Lipinski definition) is 6. The van der Waals surface area contributed by atoms with Gasteiger partial charge in [0, 0.05) is 50.9 Å². The second-order valence-electron chi connectivity index (χ2n) is 10.9. The number of rotatable bonds is 3. The van der Waals surface area contributed by atoms with Gasteiger partial charge in [-0.3, -0.25) is 9.69 Å². The van der Waals surface area contributed by atoms with Crippen LogP contribution in [0.4, 0.5) is 10.5 Å². The molecular weight excluding hydrogens is 470 g/mol. The monoisotopic (exact) mass is 505 g/mol. The van der Waals surface area contributed by atoms with Crippen LogP contribution in [-0.2, 0) is 16.6 Å². The van der Waals surface area contributed by atoms with Crippen LogP contribution in [-0.4, -0.2) is 86.9 Å². The van der Waals surface area contributed by atoms with Gasteiger partial charge < -0.3 is 24.2 Å². The summed E-state index contributed by atoms with van der Waals surface area (Å²) < 4.78 is 7.59. The van der Waals surface area contributed by atoms with Crippen molar-refractivity contribution in [1.82, 2.24) is 19.4 Å². The minimum atomic E-state index is -0.728. The van der Waals surface area contributed by atoms with Gasteiger partial charge in [-0.1, -0.05) is 24.3 Å². The molecule has 196 valence electrons. The highest BCUT2D eigenvalue weighted by molar-refractivity contribution is 5.87. The second kappa shape index (κ2) is 9.70. The first-order valence-electron chi connectivity index (χ1n) is 12.8. The van der Waals surface area contributed by atoms with E-state index in [1.165, 1.54) is 4.90 Å². The quantitative estimate of drug-likeness (QED) is 0.588. The summed E-state index contributed by atoms with van der Waals surface area (Å²) in [4.78, 5) is 36.3. The molecule has 37 heavy (non-hydrogen) atoms. The first-order valence-corrected chi connectivity index (χ1v) is 12.8. The lowest BCUT2D eigenvalue weighted by molar-refractivity contribution is -0.136. The smallest absolute Gasteiger partial charge is 0.411 e. The summed E-state index contributed by atoms with van der Waals surface area (Å²) in [5, 5.41) is 10.2. The number of β-amino-alcohol motifs (C(OH)–C–C–N with tert-alkyl or cyclic N) is 1. The number of imidazole rings is 1. The predicted molar refractivity (Wildman–Crippen MR) is 142 cm³/mol. The number of carbonyl (C=O) groups excluding carboxylic acids is 2. The van der Waals surface area contributed by atoms with Gasteiger partial charge in [-0.2, -0.15) is 0 Å². The standard InChI is InChI=1S/C28H35N5O4/c1-28(2,3)37-27(36)33-18-21(34)17-24(33)26(35)32-14-12-31(13-15-32)20-9-7-8-19(16-20)25-29-22-10-5-6-11-23(22)30(25)4/h5-11,16,21,24,34H,12-15,17-18H2,1-4H3/t21?,24-/m0/s1. The first kappa shape index (κ1) is 25.1. The van der Waals surface area contributed by atoms with Gasteiger partial charge in [0.15, 0.2) is 0 Å². The van der Waals surface area contributed by atoms with Crippen molar-refractivity contribution in [2.24, 2.45) is 7.05 Å². The number of anilines is 1. The van der Waals surface area contributed by atoms with Crippen molar-refractivity contribution in [3.63, 3.8) is 0 Å². The molecule has 3 heterocycles. The molecule has 9 nitrogen and oxygen atoms in total. The molecule has 1 aromatic heterocycles. The molecule has 2 atom stereocenters. The van der Waals surface area contributed by atoms with Crippen molar-refractivity contribution in [3.05, 3.63) is 48.5 Å². The van der Waals surface area contributed by atoms with Crippen LogP contribution >= 0.6 is 0 Å². The largest absolute Gasteiger partial charge is 0.444 e. The molecule has 0 saturated carbocycles. The lowest BCUT2D eigenvalue weighted by atomic mass is 10.1. The van der Waals surface area contributed by atoms with Gasteiger partial charge >= 0.3 is 6.09 Å². The molecule has 0 spiro atoms. The van der Waals surface area contributed by atoms with Crippen LogP contribution in [0.2, 0.25) is 0 Å². The average Bonchev–Trinajstić information content (AvgIpc) is 3.43. The van der Waals surface area contributed by atoms with Crippen LogP contribution < -0.4 is 4.90 Å². The van der Waals surface area contributed by atoms with Crippen molar-refractivity contribution in [1.29, 1.82) is 0 Å². The average molecular weight is 506 g/mol. The third-order valence-corrected chi connectivity index (χ3v) is 7.04. The van der Waals surface area contributed by atoms with Gasteiger partial charge in [-0.15, -0.1) is 0 Å². The van der Waals surface area contributed by atoms with E-state index >= 15 is 0 Å². The van der Waals surface area contributed by atoms with Gasteiger partial charge in [0.25, 0.3) is 0 Å². The SMILES string of the molecule is Cn1c(-c2cccc(N3CCN(C(=O)[C@@H]4CC(O)CN4C(=O)OC(C)(C)C)CC3)c2)nc2ccccc21. The Morgan fingerprint density at radius 2 is 1.76 bits per heavy atom. The lowest BCUT2D eigenvalue weighted by Gasteiger charge is -2.38. The fourth-order valence-corrected chi connectivity index (χ4v) is 5.21. The Bertz CT molecular complexity index is 1310. The molecule has 2 saturated heterocycles. The molecule has 0 bridgehead atoms. The van der Waals surface area contributed by atoms with E-state index in [-0.39, 0.29) is 18.9 Å². The normalized spacial score (nSPS) is 20.5. The van der Waals surface area contributed by atoms with Crippen molar-refractivity contribution >= 4 is 28.7 Å². The molecule has 2 fully saturated rings. The number of amides is 2. The van der Waals surface area contributed by atoms with E-state index in [1.54, 1.807) is 25.7 Å². The summed E-state index contributed by atoms with van der Waals surface area (Å²) >= 11 is 0. The highest BCUT2D eigenvalue weighted by Gasteiger charge is 2.43. The zero-order valence-electron chi connectivity index (χ0n) is 21.9. The fraction of sp³-hybridized carbons (Fsp3) is 0.464. The summed E-state index contributed by atoms with van der Waals surface area (Å²) in [5.74, 6) is 0.786. The van der Waals surface area contributed by atoms with Crippen molar-refractivity contribution in [3.8, 4) is 11.4 Å². The van der Waals surface area contributed by atoms with Crippen LogP contribution in [0.15, 0.2) is 48.5 Å². The van der Waals surface area contributed by atoms with Crippen LogP contribution in [0.3, 0.4) is 0 Å². The Balaban J connectivity index is 1.26. The first-order chi connectivity index (χ1) is 17.6. The highest BCUT2D eigenvalue weighted by Crippen LogP contribution is 2.28. The summed E-state index contributed by atoms with van der Waals surface area (Å²) in [7, 11) is 2.03. The van der Waals surface area contributed by atoms with Crippen molar-refractivity contribution in [2.45, 2.75) is 44.9 Å². The van der Waals surface area contributed by atoms with Gasteiger partial charge in [-0.25, -0.2) is 9.78 Å². The number of aliphatic hydroxyl groups excluding tert-OH is 1. The van der Waals surface area contributed by atoms with Gasteiger partial charge in [0.2, 0.25) is 5.91 Å². The maximum absolute atomic E-state index is 13.4. The number of aliphatic hydroxyl groups is 1. The maximum Gasteiger partial charge on any atom is 0.411 e. The molecule has 0 aliphatic carbocycles. The van der Waals surface area contributed by atoms with E-state index in [9.17, 15) is 14.7 Å². The Hall–Kier alpha value is -3.59. The molecule has 1 N–H and O–H groups in total. The number of aryl methyl sites for hydroxylation is 1. The molecule has 2 aliphatic rings. The zero-order valence-corrected chi connectivity index (χ0v) is 21.9. The number of nitrogens with zero attached hydrogens (tertiary/aromatic N) is 5. The van der Waals surface area contributed by atoms with Gasteiger partial charge in [-0.05, 0) is 45.0 Å². The van der Waals surface area contributed by atoms with Crippen LogP contribution in [0, 0.1) is 0 Å². The molecular formula is C28H35N5O4. The number of aromatic nitrogens is 2. The molecule has 5 rings (SSSR count). The Morgan fingerprint density at radius 3 is 2.46 bits per heavy atom. The van der Waals surface area contributed by atoms with Gasteiger partial charge in [0.05, 0.1) is 23.7 Å². The summed E-state index contributed by atoms with van der Waals surface area (Å²) in [6.07, 6.45) is -1.05. The summed E-state index contributed by atoms with van der Waals surface area (Å²) in [6.45, 7) is 7.93. The highest BCUT2D eigenvalue weighted by atomic mass is 16.6. The number of benzene rings is 2. The second-order valence-corrected chi connectivity index (χ2v) is 10.9. The zero-order chi connectivity index (χ0) is 26.3. The Labute approximate surface area is 217 Å². The van der Waals surface area contributed by atoms with E-state index < -0.39 is 23.8 Å². The van der Waals surface area contributed by atoms with E-state index in [0.29, 0.717) is 26.2 Å². The van der Waals surface area contributed by atoms with Gasteiger partial charge in [0.1, 0.15) is 17.5 Å². The van der Waals surface area contributed by atoms with Crippen molar-refractivity contribution in [2.75, 3.05) is 37.6 Å². The lowest BCUT2D eigenvalue weighted by Crippen LogP contribution is -2.54. The topological polar surface area (TPSA) is 91.1 Å². The predicted octanol–water partition coefficient (Wildman–Crippen LogP) is 3.26. The Morgan fingerprint density at radius 1 is 1.03 bits per heavy atom. The molecule has 3 aromatic rings. The number of hydrogen-bond donors (Lipinski definition) is 1. The fourth-order valence-electron chi connectivity index (χ4n) is 5.21. The van der Waals surface area contributed by atoms with E-state index in [4.69, 9.17) is 9.72 Å². The summed E-state index contributed by atoms with van der Waals surface area (Å²) in [6, 6.07) is 15.8. The summed E-state index contributed by atoms with van der Waals surface area (Å²) in [5.41, 5.74) is 3.52. The number of fused-ring (bicyclic) bond motifs is 1. The Kier molecular flexibility index (Phi) is 6.58. The van der Waals surface area contributed by atoms with E-state index in [1.807, 2.05) is 31.3 Å². The molecule has 0 radical (unpaired) electrons. The van der Waals surface area contributed by atoms with Crippen LogP contribution in [0.1, 0.15) is 27.2 Å².